The zero-order chi connectivity index (χ0) is 8.55. The number of aromatic nitrogens is 1. The van der Waals surface area contributed by atoms with Gasteiger partial charge in [-0.3, -0.25) is 0 Å². The Morgan fingerprint density at radius 3 is 2.92 bits per heavy atom. The minimum Gasteiger partial charge on any atom is -0.355 e. The first-order valence-electron chi connectivity index (χ1n) is 3.68. The van der Waals surface area contributed by atoms with Gasteiger partial charge in [0.15, 0.2) is 0 Å². The third-order valence-corrected chi connectivity index (χ3v) is 2.17. The van der Waals surface area contributed by atoms with Crippen LogP contribution in [0.4, 0.5) is 4.39 Å². The average molecular weight is 181 g/mol. The molecule has 0 aliphatic rings. The molecule has 0 spiro atoms. The Kier molecular flexibility index (Phi) is 1.81. The Balaban J connectivity index is 2.74. The minimum atomic E-state index is -0.208. The zero-order valence-electron chi connectivity index (χ0n) is 6.34. The normalized spacial score (nSPS) is 10.8. The molecule has 0 saturated carbocycles. The highest BCUT2D eigenvalue weighted by atomic mass is 32.1. The van der Waals surface area contributed by atoms with Crippen molar-refractivity contribution in [2.24, 2.45) is 0 Å². The molecule has 1 nitrogen and oxygen atoms in total. The van der Waals surface area contributed by atoms with Crippen LogP contribution in [-0.2, 0) is 5.75 Å². The van der Waals surface area contributed by atoms with Gasteiger partial charge in [0.1, 0.15) is 5.82 Å². The fourth-order valence-electron chi connectivity index (χ4n) is 1.26. The van der Waals surface area contributed by atoms with E-state index in [0.717, 1.165) is 11.1 Å². The molecule has 0 amide bonds. The Morgan fingerprint density at radius 2 is 2.25 bits per heavy atom. The van der Waals surface area contributed by atoms with E-state index in [2.05, 4.69) is 17.6 Å². The van der Waals surface area contributed by atoms with E-state index in [1.54, 1.807) is 6.07 Å². The predicted molar refractivity (Wildman–Crippen MR) is 50.9 cm³/mol. The summed E-state index contributed by atoms with van der Waals surface area (Å²) in [6.07, 6.45) is 0. The average Bonchev–Trinajstić information content (AvgIpc) is 2.49. The lowest BCUT2D eigenvalue weighted by Crippen LogP contribution is -1.77. The second-order valence-electron chi connectivity index (χ2n) is 2.66. The lowest BCUT2D eigenvalue weighted by molar-refractivity contribution is 0.637. The lowest BCUT2D eigenvalue weighted by atomic mass is 10.2. The molecule has 0 radical (unpaired) electrons. The van der Waals surface area contributed by atoms with Crippen LogP contribution in [-0.4, -0.2) is 4.98 Å². The molecule has 0 unspecified atom stereocenters. The van der Waals surface area contributed by atoms with Crippen molar-refractivity contribution in [3.05, 3.63) is 35.8 Å². The maximum absolute atomic E-state index is 13.1. The summed E-state index contributed by atoms with van der Waals surface area (Å²) in [5.41, 5.74) is 1.51. The molecule has 3 heteroatoms. The van der Waals surface area contributed by atoms with Crippen molar-refractivity contribution in [3.8, 4) is 0 Å². The number of fused-ring (bicyclic) bond motifs is 1. The lowest BCUT2D eigenvalue weighted by Gasteiger charge is -1.89. The summed E-state index contributed by atoms with van der Waals surface area (Å²) in [7, 11) is 0. The number of H-pyrrole nitrogens is 1. The Hall–Kier alpha value is -0.960. The first-order valence-corrected chi connectivity index (χ1v) is 4.31. The number of rotatable bonds is 1. The number of hydrogen-bond acceptors (Lipinski definition) is 1. The quantitative estimate of drug-likeness (QED) is 0.629. The van der Waals surface area contributed by atoms with Crippen molar-refractivity contribution >= 4 is 23.5 Å². The van der Waals surface area contributed by atoms with E-state index in [1.165, 1.54) is 6.07 Å². The van der Waals surface area contributed by atoms with Crippen LogP contribution in [0.5, 0.6) is 0 Å². The maximum Gasteiger partial charge on any atom is 0.147 e. The summed E-state index contributed by atoms with van der Waals surface area (Å²) < 4.78 is 13.1. The minimum absolute atomic E-state index is 0.208. The molecule has 0 saturated heterocycles. The molecule has 1 N–H and O–H groups in total. The second kappa shape index (κ2) is 2.83. The van der Waals surface area contributed by atoms with Crippen molar-refractivity contribution < 1.29 is 4.39 Å². The molecule has 62 valence electrons. The van der Waals surface area contributed by atoms with Crippen molar-refractivity contribution in [2.45, 2.75) is 5.75 Å². The summed E-state index contributed by atoms with van der Waals surface area (Å²) in [4.78, 5) is 2.96. The van der Waals surface area contributed by atoms with Gasteiger partial charge in [-0.2, -0.15) is 12.6 Å². The summed E-state index contributed by atoms with van der Waals surface area (Å²) in [5, 5.41) is 0.902. The smallest absolute Gasteiger partial charge is 0.147 e. The number of para-hydroxylation sites is 1. The Bertz CT molecular complexity index is 408. The Morgan fingerprint density at radius 1 is 1.42 bits per heavy atom. The number of halogens is 1. The summed E-state index contributed by atoms with van der Waals surface area (Å²) in [6, 6.07) is 6.93. The summed E-state index contributed by atoms with van der Waals surface area (Å²) in [6.45, 7) is 0. The van der Waals surface area contributed by atoms with E-state index < -0.39 is 0 Å². The first-order chi connectivity index (χ1) is 5.81. The molecule has 2 aromatic rings. The molecule has 1 aromatic heterocycles. The fraction of sp³-hybridized carbons (Fsp3) is 0.111. The van der Waals surface area contributed by atoms with Crippen LogP contribution in [0.2, 0.25) is 0 Å². The highest BCUT2D eigenvalue weighted by Gasteiger charge is 2.02. The van der Waals surface area contributed by atoms with Gasteiger partial charge in [0.05, 0.1) is 5.52 Å². The molecule has 2 rings (SSSR count). The van der Waals surface area contributed by atoms with Gasteiger partial charge in [-0.15, -0.1) is 0 Å². The van der Waals surface area contributed by atoms with Crippen LogP contribution >= 0.6 is 12.6 Å². The van der Waals surface area contributed by atoms with Gasteiger partial charge in [-0.05, 0) is 12.1 Å². The number of nitrogens with one attached hydrogen (secondary N) is 1. The van der Waals surface area contributed by atoms with Crippen LogP contribution in [0.15, 0.2) is 24.3 Å². The van der Waals surface area contributed by atoms with Gasteiger partial charge in [0, 0.05) is 16.8 Å². The van der Waals surface area contributed by atoms with Gasteiger partial charge < -0.3 is 4.98 Å². The van der Waals surface area contributed by atoms with Crippen molar-refractivity contribution in [1.29, 1.82) is 0 Å². The molecule has 12 heavy (non-hydrogen) atoms. The summed E-state index contributed by atoms with van der Waals surface area (Å²) in [5.74, 6) is 0.397. The molecular weight excluding hydrogens is 173 g/mol. The first kappa shape index (κ1) is 7.68. The van der Waals surface area contributed by atoms with Gasteiger partial charge >= 0.3 is 0 Å². The zero-order valence-corrected chi connectivity index (χ0v) is 7.24. The summed E-state index contributed by atoms with van der Waals surface area (Å²) >= 11 is 4.10. The topological polar surface area (TPSA) is 15.8 Å². The van der Waals surface area contributed by atoms with Gasteiger partial charge in [0.2, 0.25) is 0 Å². The third-order valence-electron chi connectivity index (χ3n) is 1.83. The number of benzene rings is 1. The van der Waals surface area contributed by atoms with Gasteiger partial charge in [0.25, 0.3) is 0 Å². The predicted octanol–water partition coefficient (Wildman–Crippen LogP) is 2.74. The monoisotopic (exact) mass is 181 g/mol. The van der Waals surface area contributed by atoms with Gasteiger partial charge in [-0.1, -0.05) is 12.1 Å². The van der Waals surface area contributed by atoms with E-state index in [9.17, 15) is 4.39 Å². The molecule has 0 aliphatic carbocycles. The molecule has 1 heterocycles. The van der Waals surface area contributed by atoms with Crippen LogP contribution < -0.4 is 0 Å². The number of hydrogen-bond donors (Lipinski definition) is 2. The van der Waals surface area contributed by atoms with Crippen molar-refractivity contribution in [1.82, 2.24) is 4.98 Å². The Labute approximate surface area is 75.0 Å². The molecular formula is C9H8FNS. The van der Waals surface area contributed by atoms with Crippen molar-refractivity contribution in [3.63, 3.8) is 0 Å². The van der Waals surface area contributed by atoms with E-state index in [4.69, 9.17) is 0 Å². The van der Waals surface area contributed by atoms with E-state index in [1.807, 2.05) is 12.1 Å². The largest absolute Gasteiger partial charge is 0.355 e. The molecule has 0 aliphatic heterocycles. The highest BCUT2D eigenvalue weighted by Crippen LogP contribution is 2.18. The maximum atomic E-state index is 13.1. The SMILES string of the molecule is Fc1cccc2cc(CS)[nH]c12. The standard InChI is InChI=1S/C9H8FNS/c10-8-3-1-2-6-4-7(5-12)11-9(6)8/h1-4,11-12H,5H2. The van der Waals surface area contributed by atoms with Crippen molar-refractivity contribution in [2.75, 3.05) is 0 Å². The molecule has 1 aromatic carbocycles. The van der Waals surface area contributed by atoms with E-state index in [0.29, 0.717) is 11.3 Å². The third kappa shape index (κ3) is 1.10. The number of thiol groups is 1. The van der Waals surface area contributed by atoms with Crippen LogP contribution in [0.25, 0.3) is 10.9 Å². The van der Waals surface area contributed by atoms with E-state index in [-0.39, 0.29) is 5.82 Å². The molecule has 0 atom stereocenters. The molecule has 0 fully saturated rings. The van der Waals surface area contributed by atoms with Crippen LogP contribution in [0, 0.1) is 5.82 Å². The second-order valence-corrected chi connectivity index (χ2v) is 2.97. The fourth-order valence-corrected chi connectivity index (χ4v) is 1.43. The van der Waals surface area contributed by atoms with E-state index >= 15 is 0 Å². The van der Waals surface area contributed by atoms with Crippen LogP contribution in [0.3, 0.4) is 0 Å². The van der Waals surface area contributed by atoms with Gasteiger partial charge in [-0.25, -0.2) is 4.39 Å². The molecule has 0 bridgehead atoms. The van der Waals surface area contributed by atoms with Crippen LogP contribution in [0.1, 0.15) is 5.69 Å². The number of aromatic amines is 1. The highest BCUT2D eigenvalue weighted by molar-refractivity contribution is 7.79.